The number of nitrogens with zero attached hydrogens (tertiary/aromatic N) is 1. The van der Waals surface area contributed by atoms with Crippen molar-refractivity contribution >= 4 is 16.7 Å². The molecule has 1 amide bonds. The van der Waals surface area contributed by atoms with Crippen molar-refractivity contribution in [2.45, 2.75) is 49.8 Å². The molecule has 166 valence electrons. The van der Waals surface area contributed by atoms with Crippen molar-refractivity contribution in [1.82, 2.24) is 10.2 Å². The number of carbonyl (C=O) groups is 1. The summed E-state index contributed by atoms with van der Waals surface area (Å²) >= 11 is 0. The van der Waals surface area contributed by atoms with E-state index in [1.807, 2.05) is 44.2 Å². The molecule has 1 fully saturated rings. The van der Waals surface area contributed by atoms with Crippen molar-refractivity contribution in [1.29, 1.82) is 0 Å². The Morgan fingerprint density at radius 3 is 2.50 bits per heavy atom. The smallest absolute Gasteiger partial charge is 0.411 e. The second kappa shape index (κ2) is 10.0. The van der Waals surface area contributed by atoms with Crippen LogP contribution in [0.15, 0.2) is 53.1 Å². The predicted octanol–water partition coefficient (Wildman–Crippen LogP) is 5.23. The van der Waals surface area contributed by atoms with Gasteiger partial charge in [0.2, 0.25) is 0 Å². The molecule has 0 radical (unpaired) electrons. The first-order chi connectivity index (χ1) is 14.3. The molecule has 30 heavy (non-hydrogen) atoms. The Kier molecular flexibility index (Phi) is 7.63. The van der Waals surface area contributed by atoms with Gasteiger partial charge in [-0.3, -0.25) is 19.3 Å². The molecular weight excluding hydrogens is 400 g/mol. The lowest BCUT2D eigenvalue weighted by molar-refractivity contribution is 0.154. The number of nitrogens with one attached hydrogen (secondary N) is 1. The molecule has 7 heteroatoms. The molecule has 1 aliphatic carbocycles. The lowest BCUT2D eigenvalue weighted by atomic mass is 9.80. The number of allylic oxidation sites excluding steroid dienone is 3. The molecule has 0 saturated carbocycles. The summed E-state index contributed by atoms with van der Waals surface area (Å²) in [4.78, 5) is 14.5. The van der Waals surface area contributed by atoms with Crippen molar-refractivity contribution in [2.24, 2.45) is 11.8 Å². The van der Waals surface area contributed by atoms with Crippen molar-refractivity contribution in [2.75, 3.05) is 20.2 Å². The van der Waals surface area contributed by atoms with Crippen LogP contribution in [0.3, 0.4) is 0 Å². The summed E-state index contributed by atoms with van der Waals surface area (Å²) in [5.41, 5.74) is 2.02. The van der Waals surface area contributed by atoms with Crippen LogP contribution in [0.2, 0.25) is 0 Å². The maximum absolute atomic E-state index is 11.4. The molecule has 3 N–H and O–H groups in total. The summed E-state index contributed by atoms with van der Waals surface area (Å²) in [5, 5.41) is 2.58. The average molecular weight is 435 g/mol. The minimum absolute atomic E-state index is 0.186. The molecule has 1 saturated heterocycles. The Bertz CT molecular complexity index is 781. The summed E-state index contributed by atoms with van der Waals surface area (Å²) < 4.78 is 25.3. The van der Waals surface area contributed by atoms with E-state index in [0.29, 0.717) is 16.7 Å². The standard InChI is InChI=1S/C23H34N2O4S/c1-17(2)30(27,28)22-9-7-18(8-10-22)16-25-13-11-19(12-14-25)20-5-4-6-21(15-20)24-23(26)29-3/h4,6-10,15,17,19-20,27-28H,5,11-14,16H2,1-3H3,(H,24,26). The lowest BCUT2D eigenvalue weighted by Crippen LogP contribution is -2.36. The van der Waals surface area contributed by atoms with Crippen LogP contribution >= 0.6 is 10.6 Å². The van der Waals surface area contributed by atoms with Crippen LogP contribution in [0.5, 0.6) is 0 Å². The second-order valence-corrected chi connectivity index (χ2v) is 11.0. The molecule has 0 spiro atoms. The number of ether oxygens (including phenoxy) is 1. The normalized spacial score (nSPS) is 21.4. The first-order valence-electron chi connectivity index (χ1n) is 10.6. The fourth-order valence-electron chi connectivity index (χ4n) is 4.15. The predicted molar refractivity (Wildman–Crippen MR) is 122 cm³/mol. The SMILES string of the molecule is COC(=O)NC1=CC(C2CCN(Cc3ccc(S(O)(O)C(C)C)cc3)CC2)CC=C1. The monoisotopic (exact) mass is 434 g/mol. The number of amides is 1. The van der Waals surface area contributed by atoms with Gasteiger partial charge < -0.3 is 4.74 Å². The van der Waals surface area contributed by atoms with E-state index < -0.39 is 16.7 Å². The fraction of sp³-hybridized carbons (Fsp3) is 0.522. The number of alkyl carbamates (subject to hydrolysis) is 1. The molecule has 1 aromatic rings. The molecule has 1 atom stereocenters. The summed E-state index contributed by atoms with van der Waals surface area (Å²) in [6, 6.07) is 7.73. The molecule has 1 heterocycles. The Balaban J connectivity index is 1.51. The van der Waals surface area contributed by atoms with Crippen LogP contribution in [-0.2, 0) is 11.3 Å². The van der Waals surface area contributed by atoms with Gasteiger partial charge in [-0.1, -0.05) is 24.3 Å². The van der Waals surface area contributed by atoms with E-state index in [1.165, 1.54) is 12.7 Å². The van der Waals surface area contributed by atoms with Crippen LogP contribution in [-0.4, -0.2) is 45.5 Å². The lowest BCUT2D eigenvalue weighted by Gasteiger charge is -2.37. The number of rotatable bonds is 6. The zero-order chi connectivity index (χ0) is 21.7. The maximum atomic E-state index is 11.4. The van der Waals surface area contributed by atoms with Crippen LogP contribution in [0.1, 0.15) is 38.7 Å². The van der Waals surface area contributed by atoms with E-state index >= 15 is 0 Å². The maximum Gasteiger partial charge on any atom is 0.411 e. The van der Waals surface area contributed by atoms with Gasteiger partial charge in [0, 0.05) is 17.5 Å². The molecule has 6 nitrogen and oxygen atoms in total. The highest BCUT2D eigenvalue weighted by Crippen LogP contribution is 2.52. The van der Waals surface area contributed by atoms with Crippen molar-refractivity contribution in [3.63, 3.8) is 0 Å². The summed E-state index contributed by atoms with van der Waals surface area (Å²) in [6.07, 6.45) is 9.09. The zero-order valence-corrected chi connectivity index (χ0v) is 18.9. The van der Waals surface area contributed by atoms with Gasteiger partial charge >= 0.3 is 6.09 Å². The van der Waals surface area contributed by atoms with E-state index in [0.717, 1.165) is 44.6 Å². The van der Waals surface area contributed by atoms with Crippen molar-refractivity contribution < 1.29 is 18.6 Å². The molecule has 1 aromatic carbocycles. The minimum Gasteiger partial charge on any atom is -0.453 e. The van der Waals surface area contributed by atoms with Crippen LogP contribution in [0.4, 0.5) is 4.79 Å². The summed E-state index contributed by atoms with van der Waals surface area (Å²) in [6.45, 7) is 6.63. The topological polar surface area (TPSA) is 82.0 Å². The Morgan fingerprint density at radius 1 is 1.23 bits per heavy atom. The highest BCUT2D eigenvalue weighted by Gasteiger charge is 2.26. The molecule has 0 bridgehead atoms. The van der Waals surface area contributed by atoms with E-state index in [9.17, 15) is 13.9 Å². The van der Waals surface area contributed by atoms with E-state index in [2.05, 4.69) is 27.1 Å². The molecule has 1 unspecified atom stereocenters. The van der Waals surface area contributed by atoms with Gasteiger partial charge in [0.25, 0.3) is 0 Å². The summed E-state index contributed by atoms with van der Waals surface area (Å²) in [7, 11) is -1.35. The highest BCUT2D eigenvalue weighted by molar-refractivity contribution is 8.24. The van der Waals surface area contributed by atoms with Gasteiger partial charge in [-0.25, -0.2) is 4.79 Å². The molecule has 2 aliphatic rings. The number of likely N-dealkylation sites (tertiary alicyclic amines) is 1. The molecular formula is C23H34N2O4S. The largest absolute Gasteiger partial charge is 0.453 e. The van der Waals surface area contributed by atoms with Gasteiger partial charge in [-0.05, 0) is 81.8 Å². The van der Waals surface area contributed by atoms with Gasteiger partial charge in [-0.2, -0.15) is 10.6 Å². The number of hydrogen-bond acceptors (Lipinski definition) is 5. The minimum atomic E-state index is -2.72. The summed E-state index contributed by atoms with van der Waals surface area (Å²) in [5.74, 6) is 1.06. The number of benzene rings is 1. The van der Waals surface area contributed by atoms with Gasteiger partial charge in [0.05, 0.1) is 12.0 Å². The van der Waals surface area contributed by atoms with E-state index in [1.54, 1.807) is 0 Å². The molecule has 3 rings (SSSR count). The van der Waals surface area contributed by atoms with Gasteiger partial charge in [0.15, 0.2) is 0 Å². The number of piperidine rings is 1. The Hall–Kier alpha value is -1.80. The third-order valence-corrected chi connectivity index (χ3v) is 8.38. The Labute approximate surface area is 181 Å². The first-order valence-corrected chi connectivity index (χ1v) is 12.2. The first kappa shape index (κ1) is 22.9. The molecule has 0 aromatic heterocycles. The zero-order valence-electron chi connectivity index (χ0n) is 18.1. The quantitative estimate of drug-likeness (QED) is 0.571. The fourth-order valence-corrected chi connectivity index (χ4v) is 5.23. The number of hydrogen-bond donors (Lipinski definition) is 3. The van der Waals surface area contributed by atoms with Gasteiger partial charge in [-0.15, -0.1) is 0 Å². The highest BCUT2D eigenvalue weighted by atomic mass is 32.3. The Morgan fingerprint density at radius 2 is 1.90 bits per heavy atom. The van der Waals surface area contributed by atoms with Crippen molar-refractivity contribution in [3.05, 3.63) is 53.8 Å². The van der Waals surface area contributed by atoms with Gasteiger partial charge in [0.1, 0.15) is 0 Å². The average Bonchev–Trinajstić information content (AvgIpc) is 2.74. The number of carbonyl (C=O) groups excluding carboxylic acids is 1. The van der Waals surface area contributed by atoms with Crippen molar-refractivity contribution in [3.8, 4) is 0 Å². The number of methoxy groups -OCH3 is 1. The van der Waals surface area contributed by atoms with E-state index in [-0.39, 0.29) is 5.25 Å². The van der Waals surface area contributed by atoms with Crippen LogP contribution in [0.25, 0.3) is 0 Å². The third-order valence-electron chi connectivity index (χ3n) is 6.10. The second-order valence-electron chi connectivity index (χ2n) is 8.44. The van der Waals surface area contributed by atoms with E-state index in [4.69, 9.17) is 0 Å². The third kappa shape index (κ3) is 5.66. The molecule has 1 aliphatic heterocycles. The van der Waals surface area contributed by atoms with Crippen LogP contribution in [0, 0.1) is 11.8 Å². The van der Waals surface area contributed by atoms with Crippen LogP contribution < -0.4 is 5.32 Å².